The van der Waals surface area contributed by atoms with Crippen LogP contribution in [0.5, 0.6) is 17.2 Å². The fourth-order valence-electron chi connectivity index (χ4n) is 4.09. The molecule has 0 amide bonds. The SMILES string of the molecule is COc1cc(C#CC2CC(F)(F)C2)cc(OC)c1SNc1noc2cc(Cn3cccn3)cc(OC)c12. The monoisotopic (exact) mass is 526 g/mol. The van der Waals surface area contributed by atoms with Crippen molar-refractivity contribution < 1.29 is 27.5 Å². The summed E-state index contributed by atoms with van der Waals surface area (Å²) in [7, 11) is 4.67. The van der Waals surface area contributed by atoms with Crippen molar-refractivity contribution in [1.29, 1.82) is 0 Å². The molecule has 37 heavy (non-hydrogen) atoms. The van der Waals surface area contributed by atoms with E-state index in [1.165, 1.54) is 26.2 Å². The Labute approximate surface area is 216 Å². The predicted molar refractivity (Wildman–Crippen MR) is 135 cm³/mol. The van der Waals surface area contributed by atoms with E-state index in [-0.39, 0.29) is 18.8 Å². The lowest BCUT2D eigenvalue weighted by molar-refractivity contribution is -0.0936. The number of nitrogens with zero attached hydrogens (tertiary/aromatic N) is 3. The molecule has 192 valence electrons. The van der Waals surface area contributed by atoms with Crippen molar-refractivity contribution in [3.05, 3.63) is 53.9 Å². The van der Waals surface area contributed by atoms with Gasteiger partial charge in [-0.2, -0.15) is 5.10 Å². The number of fused-ring (bicyclic) bond motifs is 1. The maximum atomic E-state index is 13.1. The minimum absolute atomic E-state index is 0.202. The van der Waals surface area contributed by atoms with Crippen LogP contribution in [0.3, 0.4) is 0 Å². The fraction of sp³-hybridized carbons (Fsp3) is 0.308. The Morgan fingerprint density at radius 1 is 1.11 bits per heavy atom. The summed E-state index contributed by atoms with van der Waals surface area (Å²) in [6.45, 7) is 0.560. The van der Waals surface area contributed by atoms with Crippen molar-refractivity contribution in [3.8, 4) is 29.1 Å². The minimum atomic E-state index is -2.60. The third kappa shape index (κ3) is 5.29. The van der Waals surface area contributed by atoms with Crippen LogP contribution in [0.1, 0.15) is 24.0 Å². The number of halogens is 2. The number of benzene rings is 2. The first-order chi connectivity index (χ1) is 17.9. The largest absolute Gasteiger partial charge is 0.496 e. The van der Waals surface area contributed by atoms with Gasteiger partial charge in [-0.3, -0.25) is 4.68 Å². The minimum Gasteiger partial charge on any atom is -0.496 e. The Morgan fingerprint density at radius 3 is 2.46 bits per heavy atom. The third-order valence-electron chi connectivity index (χ3n) is 5.94. The van der Waals surface area contributed by atoms with Crippen LogP contribution >= 0.6 is 11.9 Å². The highest BCUT2D eigenvalue weighted by molar-refractivity contribution is 8.00. The van der Waals surface area contributed by atoms with Crippen LogP contribution in [0.25, 0.3) is 11.0 Å². The molecule has 11 heteroatoms. The maximum absolute atomic E-state index is 13.1. The van der Waals surface area contributed by atoms with Crippen molar-refractivity contribution in [1.82, 2.24) is 14.9 Å². The number of methoxy groups -OCH3 is 3. The van der Waals surface area contributed by atoms with Crippen LogP contribution in [0.15, 0.2) is 52.1 Å². The zero-order chi connectivity index (χ0) is 26.0. The van der Waals surface area contributed by atoms with Gasteiger partial charge < -0.3 is 23.5 Å². The van der Waals surface area contributed by atoms with E-state index < -0.39 is 5.92 Å². The fourth-order valence-corrected chi connectivity index (χ4v) is 4.92. The van der Waals surface area contributed by atoms with Gasteiger partial charge in [0.1, 0.15) is 27.5 Å². The topological polar surface area (TPSA) is 83.6 Å². The average Bonchev–Trinajstić information content (AvgIpc) is 3.54. The second-order valence-corrected chi connectivity index (χ2v) is 9.37. The molecule has 0 spiro atoms. The summed E-state index contributed by atoms with van der Waals surface area (Å²) in [5.41, 5.74) is 2.14. The molecule has 2 aromatic heterocycles. The Hall–Kier alpha value is -3.91. The lowest BCUT2D eigenvalue weighted by atomic mass is 9.82. The number of hydrogen-bond acceptors (Lipinski definition) is 8. The van der Waals surface area contributed by atoms with E-state index in [2.05, 4.69) is 26.8 Å². The highest BCUT2D eigenvalue weighted by atomic mass is 32.2. The molecule has 0 aliphatic heterocycles. The van der Waals surface area contributed by atoms with Crippen LogP contribution in [0, 0.1) is 17.8 Å². The van der Waals surface area contributed by atoms with Gasteiger partial charge in [-0.1, -0.05) is 17.0 Å². The molecule has 4 aromatic rings. The zero-order valence-corrected chi connectivity index (χ0v) is 21.2. The maximum Gasteiger partial charge on any atom is 0.250 e. The first-order valence-corrected chi connectivity index (χ1v) is 12.2. The molecule has 0 atom stereocenters. The summed E-state index contributed by atoms with van der Waals surface area (Å²) < 4.78 is 53.6. The Balaban J connectivity index is 1.38. The predicted octanol–water partition coefficient (Wildman–Crippen LogP) is 5.61. The number of alkyl halides is 2. The summed E-state index contributed by atoms with van der Waals surface area (Å²) in [4.78, 5) is 0.663. The quantitative estimate of drug-likeness (QED) is 0.234. The van der Waals surface area contributed by atoms with Crippen LogP contribution < -0.4 is 18.9 Å². The summed E-state index contributed by atoms with van der Waals surface area (Å²) in [5.74, 6) is 5.08. The van der Waals surface area contributed by atoms with E-state index in [0.717, 1.165) is 5.56 Å². The standard InChI is InChI=1S/C26H24F2N4O4S/c1-33-19-11-18(15-32-8-4-7-29-32)12-20-23(19)25(30-36-20)31-37-24-21(34-2)9-16(10-22(24)35-3)5-6-17-13-26(27,28)14-17/h4,7-12,17H,13-15H2,1-3H3,(H,30,31). The Kier molecular flexibility index (Phi) is 6.84. The molecule has 1 N–H and O–H groups in total. The van der Waals surface area contributed by atoms with Gasteiger partial charge in [-0.25, -0.2) is 8.78 Å². The van der Waals surface area contributed by atoms with Crippen molar-refractivity contribution in [2.24, 2.45) is 5.92 Å². The van der Waals surface area contributed by atoms with Gasteiger partial charge in [0, 0.05) is 36.7 Å². The number of nitrogens with one attached hydrogen (secondary N) is 1. The normalized spacial score (nSPS) is 14.5. The van der Waals surface area contributed by atoms with E-state index in [1.54, 1.807) is 30.1 Å². The van der Waals surface area contributed by atoms with E-state index in [1.807, 2.05) is 24.4 Å². The Morgan fingerprint density at radius 2 is 1.84 bits per heavy atom. The van der Waals surface area contributed by atoms with Crippen molar-refractivity contribution in [3.63, 3.8) is 0 Å². The number of anilines is 1. The molecule has 1 aliphatic carbocycles. The van der Waals surface area contributed by atoms with Gasteiger partial charge in [0.2, 0.25) is 0 Å². The number of hydrogen-bond donors (Lipinski definition) is 1. The highest BCUT2D eigenvalue weighted by Gasteiger charge is 2.44. The second-order valence-electron chi connectivity index (χ2n) is 8.55. The van der Waals surface area contributed by atoms with Gasteiger partial charge in [-0.05, 0) is 47.8 Å². The van der Waals surface area contributed by atoms with Crippen LogP contribution in [0.4, 0.5) is 14.6 Å². The molecule has 2 heterocycles. The molecule has 1 aliphatic rings. The first-order valence-electron chi connectivity index (χ1n) is 11.4. The van der Waals surface area contributed by atoms with Crippen LogP contribution in [0.2, 0.25) is 0 Å². The van der Waals surface area contributed by atoms with E-state index in [0.29, 0.717) is 51.0 Å². The summed E-state index contributed by atoms with van der Waals surface area (Å²) in [6.07, 6.45) is 3.20. The smallest absolute Gasteiger partial charge is 0.250 e. The summed E-state index contributed by atoms with van der Waals surface area (Å²) in [6, 6.07) is 9.18. The Bertz CT molecular complexity index is 1440. The van der Waals surface area contributed by atoms with Crippen molar-refractivity contribution in [2.45, 2.75) is 30.2 Å². The summed E-state index contributed by atoms with van der Waals surface area (Å²) in [5, 5.41) is 9.12. The molecule has 1 fully saturated rings. The highest BCUT2D eigenvalue weighted by Crippen LogP contribution is 2.43. The van der Waals surface area contributed by atoms with Gasteiger partial charge in [0.05, 0.1) is 27.9 Å². The van der Waals surface area contributed by atoms with Crippen molar-refractivity contribution >= 4 is 28.7 Å². The number of ether oxygens (including phenoxy) is 3. The number of aromatic nitrogens is 3. The molecule has 0 unspecified atom stereocenters. The zero-order valence-electron chi connectivity index (χ0n) is 20.4. The average molecular weight is 527 g/mol. The van der Waals surface area contributed by atoms with E-state index in [4.69, 9.17) is 18.7 Å². The molecule has 0 saturated heterocycles. The van der Waals surface area contributed by atoms with Crippen LogP contribution in [-0.4, -0.2) is 42.2 Å². The van der Waals surface area contributed by atoms with Gasteiger partial charge in [0.15, 0.2) is 11.4 Å². The lowest BCUT2D eigenvalue weighted by Crippen LogP contribution is -2.34. The van der Waals surface area contributed by atoms with Gasteiger partial charge in [0.25, 0.3) is 5.92 Å². The van der Waals surface area contributed by atoms with Crippen LogP contribution in [-0.2, 0) is 6.54 Å². The lowest BCUT2D eigenvalue weighted by Gasteiger charge is -2.31. The van der Waals surface area contributed by atoms with Gasteiger partial charge in [-0.15, -0.1) is 0 Å². The second kappa shape index (κ2) is 10.2. The third-order valence-corrected chi connectivity index (χ3v) is 6.84. The molecular weight excluding hydrogens is 502 g/mol. The molecular formula is C26H24F2N4O4S. The molecule has 2 aromatic carbocycles. The van der Waals surface area contributed by atoms with Gasteiger partial charge >= 0.3 is 0 Å². The van der Waals surface area contributed by atoms with E-state index >= 15 is 0 Å². The molecule has 0 radical (unpaired) electrons. The summed E-state index contributed by atoms with van der Waals surface area (Å²) >= 11 is 1.23. The molecule has 8 nitrogen and oxygen atoms in total. The van der Waals surface area contributed by atoms with E-state index in [9.17, 15) is 8.78 Å². The molecule has 5 rings (SSSR count). The van der Waals surface area contributed by atoms with Crippen molar-refractivity contribution in [2.75, 3.05) is 26.1 Å². The molecule has 0 bridgehead atoms. The number of rotatable bonds is 8. The first kappa shape index (κ1) is 24.8. The molecule has 1 saturated carbocycles.